The van der Waals surface area contributed by atoms with Gasteiger partial charge in [-0.15, -0.1) is 12.4 Å². The van der Waals surface area contributed by atoms with Crippen LogP contribution in [0.15, 0.2) is 22.7 Å². The van der Waals surface area contributed by atoms with Gasteiger partial charge in [0.25, 0.3) is 5.91 Å². The number of hydrogen-bond donors (Lipinski definition) is 2. The number of halogens is 2. The third kappa shape index (κ3) is 5.52. The molecule has 0 saturated heterocycles. The number of carbonyl (C=O) groups excluding carboxylic acids is 1. The van der Waals surface area contributed by atoms with Crippen LogP contribution in [-0.4, -0.2) is 25.5 Å². The van der Waals surface area contributed by atoms with E-state index in [9.17, 15) is 4.79 Å². The molecule has 1 amide bonds. The van der Waals surface area contributed by atoms with Crippen LogP contribution in [0.3, 0.4) is 0 Å². The Labute approximate surface area is 117 Å². The first-order valence-electron chi connectivity index (χ1n) is 5.40. The second-order valence-corrected chi connectivity index (χ2v) is 4.43. The van der Waals surface area contributed by atoms with Crippen LogP contribution in [-0.2, 0) is 0 Å². The largest absolute Gasteiger partial charge is 0.351 e. The topological polar surface area (TPSA) is 41.1 Å². The summed E-state index contributed by atoms with van der Waals surface area (Å²) in [6.45, 7) is 6.40. The summed E-state index contributed by atoms with van der Waals surface area (Å²) in [5.41, 5.74) is 1.77. The standard InChI is InChI=1S/C12H17BrN2O.ClH/c1-3-14-6-7-15-12(16)10-4-5-11(13)9(2)8-10;/h4-5,8,14H,3,6-7H2,1-2H3,(H,15,16);1H. The maximum absolute atomic E-state index is 11.7. The lowest BCUT2D eigenvalue weighted by molar-refractivity contribution is 0.0954. The number of amides is 1. The maximum Gasteiger partial charge on any atom is 0.251 e. The molecule has 1 aromatic carbocycles. The Morgan fingerprint density at radius 3 is 2.65 bits per heavy atom. The molecule has 17 heavy (non-hydrogen) atoms. The Morgan fingerprint density at radius 2 is 2.06 bits per heavy atom. The van der Waals surface area contributed by atoms with Gasteiger partial charge in [0, 0.05) is 23.1 Å². The lowest BCUT2D eigenvalue weighted by Gasteiger charge is -2.06. The summed E-state index contributed by atoms with van der Waals surface area (Å²) in [6, 6.07) is 5.60. The second-order valence-electron chi connectivity index (χ2n) is 3.57. The zero-order chi connectivity index (χ0) is 12.0. The predicted molar refractivity (Wildman–Crippen MR) is 77.0 cm³/mol. The molecule has 1 aromatic rings. The summed E-state index contributed by atoms with van der Waals surface area (Å²) >= 11 is 3.41. The van der Waals surface area contributed by atoms with Crippen molar-refractivity contribution in [2.75, 3.05) is 19.6 Å². The highest BCUT2D eigenvalue weighted by Crippen LogP contribution is 2.16. The van der Waals surface area contributed by atoms with E-state index >= 15 is 0 Å². The summed E-state index contributed by atoms with van der Waals surface area (Å²) in [7, 11) is 0. The summed E-state index contributed by atoms with van der Waals surface area (Å²) < 4.78 is 1.02. The highest BCUT2D eigenvalue weighted by atomic mass is 79.9. The van der Waals surface area contributed by atoms with E-state index in [-0.39, 0.29) is 18.3 Å². The first kappa shape index (κ1) is 16.4. The van der Waals surface area contributed by atoms with Gasteiger partial charge in [-0.25, -0.2) is 0 Å². The molecule has 0 bridgehead atoms. The molecule has 0 heterocycles. The first-order valence-corrected chi connectivity index (χ1v) is 6.19. The highest BCUT2D eigenvalue weighted by molar-refractivity contribution is 9.10. The molecule has 0 aliphatic rings. The number of hydrogen-bond acceptors (Lipinski definition) is 2. The molecular weight excluding hydrogens is 304 g/mol. The van der Waals surface area contributed by atoms with Crippen molar-refractivity contribution in [3.05, 3.63) is 33.8 Å². The Bertz CT molecular complexity index is 372. The summed E-state index contributed by atoms with van der Waals surface area (Å²) in [4.78, 5) is 11.7. The molecule has 1 rings (SSSR count). The van der Waals surface area contributed by atoms with Gasteiger partial charge in [-0.2, -0.15) is 0 Å². The van der Waals surface area contributed by atoms with E-state index in [1.807, 2.05) is 32.0 Å². The molecule has 0 spiro atoms. The predicted octanol–water partition coefficient (Wildman–Crippen LogP) is 2.52. The van der Waals surface area contributed by atoms with Gasteiger partial charge in [-0.05, 0) is 37.2 Å². The van der Waals surface area contributed by atoms with Crippen LogP contribution in [0.5, 0.6) is 0 Å². The van der Waals surface area contributed by atoms with Crippen LogP contribution in [0.1, 0.15) is 22.8 Å². The van der Waals surface area contributed by atoms with Gasteiger partial charge in [-0.3, -0.25) is 4.79 Å². The van der Waals surface area contributed by atoms with Gasteiger partial charge in [0.15, 0.2) is 0 Å². The Morgan fingerprint density at radius 1 is 1.35 bits per heavy atom. The van der Waals surface area contributed by atoms with Crippen molar-refractivity contribution in [2.24, 2.45) is 0 Å². The van der Waals surface area contributed by atoms with Crippen molar-refractivity contribution in [3.63, 3.8) is 0 Å². The van der Waals surface area contributed by atoms with Gasteiger partial charge < -0.3 is 10.6 Å². The maximum atomic E-state index is 11.7. The van der Waals surface area contributed by atoms with Crippen molar-refractivity contribution in [1.82, 2.24) is 10.6 Å². The van der Waals surface area contributed by atoms with Crippen molar-refractivity contribution < 1.29 is 4.79 Å². The fourth-order valence-corrected chi connectivity index (χ4v) is 1.58. The average Bonchev–Trinajstić information content (AvgIpc) is 2.28. The summed E-state index contributed by atoms with van der Waals surface area (Å²) in [6.07, 6.45) is 0. The van der Waals surface area contributed by atoms with Gasteiger partial charge >= 0.3 is 0 Å². The SMILES string of the molecule is CCNCCNC(=O)c1ccc(Br)c(C)c1.Cl. The van der Waals surface area contributed by atoms with Crippen LogP contribution in [0, 0.1) is 6.92 Å². The molecule has 96 valence electrons. The first-order chi connectivity index (χ1) is 7.65. The lowest BCUT2D eigenvalue weighted by atomic mass is 10.1. The van der Waals surface area contributed by atoms with Crippen LogP contribution in [0.4, 0.5) is 0 Å². The molecule has 0 aliphatic heterocycles. The van der Waals surface area contributed by atoms with Gasteiger partial charge in [-0.1, -0.05) is 22.9 Å². The third-order valence-electron chi connectivity index (χ3n) is 2.26. The monoisotopic (exact) mass is 320 g/mol. The van der Waals surface area contributed by atoms with E-state index in [0.717, 1.165) is 23.1 Å². The molecule has 0 saturated carbocycles. The number of nitrogens with one attached hydrogen (secondary N) is 2. The zero-order valence-corrected chi connectivity index (χ0v) is 12.5. The van der Waals surface area contributed by atoms with Crippen LogP contribution >= 0.6 is 28.3 Å². The molecule has 0 aromatic heterocycles. The van der Waals surface area contributed by atoms with E-state index < -0.39 is 0 Å². The van der Waals surface area contributed by atoms with Gasteiger partial charge in [0.2, 0.25) is 0 Å². The van der Waals surface area contributed by atoms with E-state index in [4.69, 9.17) is 0 Å². The normalized spacial score (nSPS) is 9.59. The Hall–Kier alpha value is -0.580. The molecule has 3 nitrogen and oxygen atoms in total. The van der Waals surface area contributed by atoms with E-state index in [1.165, 1.54) is 0 Å². The lowest BCUT2D eigenvalue weighted by Crippen LogP contribution is -2.31. The number of carbonyl (C=O) groups is 1. The Balaban J connectivity index is 0.00000256. The van der Waals surface area contributed by atoms with E-state index in [0.29, 0.717) is 12.1 Å². The number of rotatable bonds is 5. The third-order valence-corrected chi connectivity index (χ3v) is 3.15. The minimum Gasteiger partial charge on any atom is -0.351 e. The van der Waals surface area contributed by atoms with Crippen LogP contribution in [0.25, 0.3) is 0 Å². The van der Waals surface area contributed by atoms with Crippen LogP contribution < -0.4 is 10.6 Å². The number of likely N-dealkylation sites (N-methyl/N-ethyl adjacent to an activating group) is 1. The van der Waals surface area contributed by atoms with Crippen molar-refractivity contribution >= 4 is 34.2 Å². The molecule has 0 atom stereocenters. The zero-order valence-electron chi connectivity index (χ0n) is 10.0. The number of benzene rings is 1. The Kier molecular flexibility index (Phi) is 8.21. The molecule has 0 radical (unpaired) electrons. The quantitative estimate of drug-likeness (QED) is 0.818. The van der Waals surface area contributed by atoms with Gasteiger partial charge in [0.1, 0.15) is 0 Å². The average molecular weight is 322 g/mol. The smallest absolute Gasteiger partial charge is 0.251 e. The minimum absolute atomic E-state index is 0. The van der Waals surface area contributed by atoms with Crippen LogP contribution in [0.2, 0.25) is 0 Å². The fraction of sp³-hybridized carbons (Fsp3) is 0.417. The summed E-state index contributed by atoms with van der Waals surface area (Å²) in [5, 5.41) is 6.02. The molecule has 0 fully saturated rings. The molecule has 5 heteroatoms. The van der Waals surface area contributed by atoms with Crippen molar-refractivity contribution in [2.45, 2.75) is 13.8 Å². The van der Waals surface area contributed by atoms with Gasteiger partial charge in [0.05, 0.1) is 0 Å². The van der Waals surface area contributed by atoms with Crippen molar-refractivity contribution in [1.29, 1.82) is 0 Å². The number of aryl methyl sites for hydroxylation is 1. The molecular formula is C12H18BrClN2O. The molecule has 0 aliphatic carbocycles. The fourth-order valence-electron chi connectivity index (χ4n) is 1.33. The highest BCUT2D eigenvalue weighted by Gasteiger charge is 2.05. The van der Waals surface area contributed by atoms with E-state index in [1.54, 1.807) is 0 Å². The van der Waals surface area contributed by atoms with E-state index in [2.05, 4.69) is 26.6 Å². The summed E-state index contributed by atoms with van der Waals surface area (Å²) in [5.74, 6) is -0.0199. The second kappa shape index (κ2) is 8.50. The molecule has 2 N–H and O–H groups in total. The molecule has 0 unspecified atom stereocenters. The van der Waals surface area contributed by atoms with Crippen molar-refractivity contribution in [3.8, 4) is 0 Å². The minimum atomic E-state index is -0.0199.